The molecule has 0 radical (unpaired) electrons. The molecule has 0 aromatic carbocycles. The third-order valence-electron chi connectivity index (χ3n) is 5.02. The first kappa shape index (κ1) is 14.6. The topological polar surface area (TPSA) is 58.4 Å². The first-order chi connectivity index (χ1) is 10.2. The normalized spacial score (nSPS) is 27.2. The fraction of sp³-hybridized carbons (Fsp3) is 0.750. The van der Waals surface area contributed by atoms with Crippen molar-refractivity contribution in [1.29, 1.82) is 0 Å². The Morgan fingerprint density at radius 1 is 1.33 bits per heavy atom. The number of carbonyl (C=O) groups is 1. The standard InChI is InChI=1S/C16H25N3O2/c1-12-6-7-13(11-20)10-18(12)16(21)15-8-9-19(17-15)14-4-2-3-5-14/h8-9,12-14,20H,2-7,10-11H2,1H3. The second-order valence-electron chi connectivity index (χ2n) is 6.55. The molecule has 0 bridgehead atoms. The van der Waals surface area contributed by atoms with Gasteiger partial charge < -0.3 is 10.0 Å². The SMILES string of the molecule is CC1CCC(CO)CN1C(=O)c1ccn(C2CCCC2)n1. The fourth-order valence-electron chi connectivity index (χ4n) is 3.59. The predicted molar refractivity (Wildman–Crippen MR) is 80.0 cm³/mol. The van der Waals surface area contributed by atoms with Gasteiger partial charge >= 0.3 is 0 Å². The highest BCUT2D eigenvalue weighted by atomic mass is 16.3. The molecule has 1 N–H and O–H groups in total. The Labute approximate surface area is 125 Å². The summed E-state index contributed by atoms with van der Waals surface area (Å²) in [6, 6.07) is 2.54. The predicted octanol–water partition coefficient (Wildman–Crippen LogP) is 2.23. The Bertz CT molecular complexity index is 493. The second-order valence-corrected chi connectivity index (χ2v) is 6.55. The van der Waals surface area contributed by atoms with Crippen LogP contribution in [0.4, 0.5) is 0 Å². The van der Waals surface area contributed by atoms with E-state index in [0.717, 1.165) is 12.8 Å². The molecule has 1 aromatic heterocycles. The summed E-state index contributed by atoms with van der Waals surface area (Å²) < 4.78 is 1.97. The molecular formula is C16H25N3O2. The van der Waals surface area contributed by atoms with Gasteiger partial charge in [0.15, 0.2) is 0 Å². The number of piperidine rings is 1. The second kappa shape index (κ2) is 6.18. The molecule has 0 spiro atoms. The van der Waals surface area contributed by atoms with Gasteiger partial charge in [0.1, 0.15) is 5.69 Å². The molecule has 3 rings (SSSR count). The van der Waals surface area contributed by atoms with Crippen LogP contribution in [0.1, 0.15) is 62.0 Å². The minimum absolute atomic E-state index is 0.0115. The number of hydrogen-bond acceptors (Lipinski definition) is 3. The van der Waals surface area contributed by atoms with E-state index in [1.54, 1.807) is 0 Å². The van der Waals surface area contributed by atoms with Gasteiger partial charge in [0.2, 0.25) is 0 Å². The number of aliphatic hydroxyl groups excluding tert-OH is 1. The summed E-state index contributed by atoms with van der Waals surface area (Å²) in [5, 5.41) is 13.9. The van der Waals surface area contributed by atoms with E-state index in [1.165, 1.54) is 25.7 Å². The van der Waals surface area contributed by atoms with Crippen molar-refractivity contribution in [2.75, 3.05) is 13.2 Å². The Balaban J connectivity index is 1.71. The lowest BCUT2D eigenvalue weighted by Crippen LogP contribution is -2.46. The minimum Gasteiger partial charge on any atom is -0.396 e. The first-order valence-corrected chi connectivity index (χ1v) is 8.16. The molecule has 2 unspecified atom stereocenters. The number of hydrogen-bond donors (Lipinski definition) is 1. The molecule has 1 aromatic rings. The van der Waals surface area contributed by atoms with E-state index in [9.17, 15) is 9.90 Å². The number of likely N-dealkylation sites (tertiary alicyclic amines) is 1. The molecule has 2 fully saturated rings. The molecule has 1 aliphatic carbocycles. The van der Waals surface area contributed by atoms with Crippen molar-refractivity contribution in [3.05, 3.63) is 18.0 Å². The van der Waals surface area contributed by atoms with E-state index < -0.39 is 0 Å². The van der Waals surface area contributed by atoms with Crippen LogP contribution in [0, 0.1) is 5.92 Å². The van der Waals surface area contributed by atoms with Crippen LogP contribution in [0.3, 0.4) is 0 Å². The van der Waals surface area contributed by atoms with Crippen molar-refractivity contribution in [3.8, 4) is 0 Å². The van der Waals surface area contributed by atoms with Crippen molar-refractivity contribution in [2.24, 2.45) is 5.92 Å². The van der Waals surface area contributed by atoms with E-state index in [-0.39, 0.29) is 24.5 Å². The van der Waals surface area contributed by atoms with Crippen molar-refractivity contribution >= 4 is 5.91 Å². The molecule has 2 aliphatic rings. The van der Waals surface area contributed by atoms with Crippen LogP contribution in [-0.4, -0.2) is 44.9 Å². The highest BCUT2D eigenvalue weighted by Crippen LogP contribution is 2.29. The Kier molecular flexibility index (Phi) is 4.29. The summed E-state index contributed by atoms with van der Waals surface area (Å²) in [5.41, 5.74) is 0.548. The number of aromatic nitrogens is 2. The molecule has 1 aliphatic heterocycles. The number of nitrogens with zero attached hydrogens (tertiary/aromatic N) is 3. The molecule has 1 amide bonds. The van der Waals surface area contributed by atoms with Gasteiger partial charge in [0.05, 0.1) is 6.04 Å². The van der Waals surface area contributed by atoms with E-state index >= 15 is 0 Å². The maximum atomic E-state index is 12.7. The summed E-state index contributed by atoms with van der Waals surface area (Å²) in [6.45, 7) is 2.89. The van der Waals surface area contributed by atoms with Crippen molar-refractivity contribution in [3.63, 3.8) is 0 Å². The van der Waals surface area contributed by atoms with Gasteiger partial charge in [-0.05, 0) is 44.6 Å². The quantitative estimate of drug-likeness (QED) is 0.929. The van der Waals surface area contributed by atoms with Gasteiger partial charge in [0, 0.05) is 25.4 Å². The van der Waals surface area contributed by atoms with Gasteiger partial charge in [-0.25, -0.2) is 0 Å². The van der Waals surface area contributed by atoms with Crippen LogP contribution < -0.4 is 0 Å². The molecular weight excluding hydrogens is 266 g/mol. The maximum Gasteiger partial charge on any atom is 0.274 e. The van der Waals surface area contributed by atoms with Crippen molar-refractivity contribution in [2.45, 2.75) is 57.5 Å². The summed E-state index contributed by atoms with van der Waals surface area (Å²) in [4.78, 5) is 14.5. The summed E-state index contributed by atoms with van der Waals surface area (Å²) in [6.07, 6.45) is 8.76. The molecule has 1 saturated heterocycles. The molecule has 2 heterocycles. The average molecular weight is 291 g/mol. The zero-order chi connectivity index (χ0) is 14.8. The average Bonchev–Trinajstić information content (AvgIpc) is 3.18. The number of amides is 1. The number of rotatable bonds is 3. The van der Waals surface area contributed by atoms with Crippen LogP contribution in [-0.2, 0) is 0 Å². The van der Waals surface area contributed by atoms with Gasteiger partial charge in [0.25, 0.3) is 5.91 Å². The molecule has 5 nitrogen and oxygen atoms in total. The number of carbonyl (C=O) groups excluding carboxylic acids is 1. The Morgan fingerprint density at radius 2 is 2.10 bits per heavy atom. The Hall–Kier alpha value is -1.36. The van der Waals surface area contributed by atoms with Crippen LogP contribution in [0.5, 0.6) is 0 Å². The monoisotopic (exact) mass is 291 g/mol. The zero-order valence-corrected chi connectivity index (χ0v) is 12.7. The van der Waals surface area contributed by atoms with Crippen LogP contribution in [0.15, 0.2) is 12.3 Å². The molecule has 2 atom stereocenters. The third-order valence-corrected chi connectivity index (χ3v) is 5.02. The van der Waals surface area contributed by atoms with Crippen LogP contribution >= 0.6 is 0 Å². The van der Waals surface area contributed by atoms with Crippen molar-refractivity contribution in [1.82, 2.24) is 14.7 Å². The van der Waals surface area contributed by atoms with Gasteiger partial charge in [-0.2, -0.15) is 5.10 Å². The fourth-order valence-corrected chi connectivity index (χ4v) is 3.59. The van der Waals surface area contributed by atoms with Gasteiger partial charge in [-0.1, -0.05) is 12.8 Å². The van der Waals surface area contributed by atoms with E-state index in [0.29, 0.717) is 18.3 Å². The lowest BCUT2D eigenvalue weighted by atomic mass is 9.94. The first-order valence-electron chi connectivity index (χ1n) is 8.16. The summed E-state index contributed by atoms with van der Waals surface area (Å²) in [5.74, 6) is 0.222. The molecule has 1 saturated carbocycles. The van der Waals surface area contributed by atoms with Crippen LogP contribution in [0.2, 0.25) is 0 Å². The molecule has 116 valence electrons. The molecule has 21 heavy (non-hydrogen) atoms. The smallest absolute Gasteiger partial charge is 0.274 e. The van der Waals surface area contributed by atoms with Crippen molar-refractivity contribution < 1.29 is 9.90 Å². The van der Waals surface area contributed by atoms with E-state index in [1.807, 2.05) is 21.8 Å². The lowest BCUT2D eigenvalue weighted by molar-refractivity contribution is 0.0482. The maximum absolute atomic E-state index is 12.7. The largest absolute Gasteiger partial charge is 0.396 e. The lowest BCUT2D eigenvalue weighted by Gasteiger charge is -2.37. The van der Waals surface area contributed by atoms with E-state index in [2.05, 4.69) is 12.0 Å². The zero-order valence-electron chi connectivity index (χ0n) is 12.7. The third kappa shape index (κ3) is 2.98. The minimum atomic E-state index is 0.0115. The number of aliphatic hydroxyl groups is 1. The highest BCUT2D eigenvalue weighted by Gasteiger charge is 2.30. The Morgan fingerprint density at radius 3 is 2.81 bits per heavy atom. The van der Waals surface area contributed by atoms with E-state index in [4.69, 9.17) is 0 Å². The summed E-state index contributed by atoms with van der Waals surface area (Å²) >= 11 is 0. The highest BCUT2D eigenvalue weighted by molar-refractivity contribution is 5.92. The van der Waals surface area contributed by atoms with Gasteiger partial charge in [-0.15, -0.1) is 0 Å². The summed E-state index contributed by atoms with van der Waals surface area (Å²) in [7, 11) is 0. The molecule has 5 heteroatoms. The van der Waals surface area contributed by atoms with Crippen LogP contribution in [0.25, 0.3) is 0 Å². The van der Waals surface area contributed by atoms with Gasteiger partial charge in [-0.3, -0.25) is 9.48 Å².